The summed E-state index contributed by atoms with van der Waals surface area (Å²) in [6.07, 6.45) is 3.75. The largest absolute Gasteiger partial charge is 0.271 e. The van der Waals surface area contributed by atoms with Crippen molar-refractivity contribution in [2.75, 3.05) is 6.26 Å². The van der Waals surface area contributed by atoms with Crippen LogP contribution in [0.25, 0.3) is 0 Å². The van der Waals surface area contributed by atoms with E-state index >= 15 is 0 Å². The van der Waals surface area contributed by atoms with Crippen molar-refractivity contribution in [3.05, 3.63) is 27.7 Å². The fourth-order valence-electron chi connectivity index (χ4n) is 1.32. The average molecular weight is 298 g/mol. The molecule has 1 aromatic carbocycles. The molecule has 0 amide bonds. The normalized spacial score (nSPS) is 11.1. The molecule has 0 bridgehead atoms. The second kappa shape index (κ2) is 5.92. The van der Waals surface area contributed by atoms with Gasteiger partial charge in [-0.1, -0.05) is 17.8 Å². The Kier molecular flexibility index (Phi) is 4.84. The van der Waals surface area contributed by atoms with Crippen LogP contribution in [0.2, 0.25) is 0 Å². The van der Waals surface area contributed by atoms with Crippen molar-refractivity contribution in [2.24, 2.45) is 4.99 Å². The van der Waals surface area contributed by atoms with Crippen LogP contribution in [-0.2, 0) is 0 Å². The van der Waals surface area contributed by atoms with Crippen molar-refractivity contribution < 1.29 is 0 Å². The molecule has 0 aliphatic heterocycles. The lowest BCUT2D eigenvalue weighted by Crippen LogP contribution is -2.12. The average Bonchev–Trinajstić information content (AvgIpc) is 2.21. The molecule has 0 aliphatic rings. The number of halogens is 1. The Bertz CT molecular complexity index is 440. The molecular weight excluding hydrogens is 286 g/mol. The van der Waals surface area contributed by atoms with Gasteiger partial charge in [0.05, 0.1) is 5.69 Å². The fraction of sp³-hybridized carbons (Fsp3) is 0.273. The lowest BCUT2D eigenvalue weighted by molar-refractivity contribution is 1.26. The molecule has 0 spiro atoms. The van der Waals surface area contributed by atoms with Crippen LogP contribution >= 0.6 is 27.7 Å². The smallest absolute Gasteiger partial charge is 0.183 e. The first-order valence-electron chi connectivity index (χ1n) is 4.63. The summed E-state index contributed by atoms with van der Waals surface area (Å²) in [6, 6.07) is 4.07. The van der Waals surface area contributed by atoms with Gasteiger partial charge in [-0.3, -0.25) is 5.32 Å². The molecule has 1 aromatic rings. The van der Waals surface area contributed by atoms with Crippen LogP contribution in [0.1, 0.15) is 11.1 Å². The highest BCUT2D eigenvalue weighted by atomic mass is 79.9. The van der Waals surface area contributed by atoms with E-state index in [0.717, 1.165) is 15.7 Å². The Labute approximate surface area is 108 Å². The van der Waals surface area contributed by atoms with E-state index in [2.05, 4.69) is 32.3 Å². The standard InChI is InChI=1S/C11H12BrN3S/c1-7-4-8(2)10(9(12)5-7)15-11(16-3)14-6-13/h4-5H,1-3H3,(H,14,15). The van der Waals surface area contributed by atoms with Gasteiger partial charge in [0.2, 0.25) is 0 Å². The SMILES string of the molecule is CSC(=Nc1c(C)cc(C)cc1Br)NC#N. The minimum atomic E-state index is 0.593. The summed E-state index contributed by atoms with van der Waals surface area (Å²) < 4.78 is 0.941. The minimum absolute atomic E-state index is 0.593. The quantitative estimate of drug-likeness (QED) is 0.374. The number of nitriles is 1. The van der Waals surface area contributed by atoms with Gasteiger partial charge in [0, 0.05) is 4.47 Å². The molecule has 3 nitrogen and oxygen atoms in total. The molecule has 84 valence electrons. The van der Waals surface area contributed by atoms with Crippen molar-refractivity contribution in [2.45, 2.75) is 13.8 Å². The van der Waals surface area contributed by atoms with Crippen LogP contribution < -0.4 is 5.32 Å². The van der Waals surface area contributed by atoms with E-state index in [1.54, 1.807) is 0 Å². The van der Waals surface area contributed by atoms with Crippen molar-refractivity contribution in [1.82, 2.24) is 5.32 Å². The Balaban J connectivity index is 3.19. The van der Waals surface area contributed by atoms with Gasteiger partial charge in [-0.25, -0.2) is 4.99 Å². The predicted molar refractivity (Wildman–Crippen MR) is 73.0 cm³/mol. The van der Waals surface area contributed by atoms with Crippen LogP contribution in [0.4, 0.5) is 5.69 Å². The van der Waals surface area contributed by atoms with Crippen LogP contribution in [0.5, 0.6) is 0 Å². The molecular formula is C11H12BrN3S. The van der Waals surface area contributed by atoms with Crippen LogP contribution in [0, 0.1) is 25.3 Å². The van der Waals surface area contributed by atoms with E-state index in [1.165, 1.54) is 17.3 Å². The fourth-order valence-corrected chi connectivity index (χ4v) is 2.42. The third-order valence-corrected chi connectivity index (χ3v) is 3.15. The first-order valence-corrected chi connectivity index (χ1v) is 6.64. The number of hydrogen-bond acceptors (Lipinski definition) is 3. The first-order chi connectivity index (χ1) is 7.58. The molecule has 16 heavy (non-hydrogen) atoms. The van der Waals surface area contributed by atoms with Crippen molar-refractivity contribution in [3.8, 4) is 6.19 Å². The molecule has 0 saturated heterocycles. The number of rotatable bonds is 1. The molecule has 0 heterocycles. The summed E-state index contributed by atoms with van der Waals surface area (Å²) in [5, 5.41) is 11.7. The summed E-state index contributed by atoms with van der Waals surface area (Å²) in [5.41, 5.74) is 3.12. The Hall–Kier alpha value is -0.990. The van der Waals surface area contributed by atoms with Crippen LogP contribution in [-0.4, -0.2) is 11.4 Å². The highest BCUT2D eigenvalue weighted by Crippen LogP contribution is 2.31. The first kappa shape index (κ1) is 13.1. The molecule has 0 aliphatic carbocycles. The number of nitrogens with zero attached hydrogens (tertiary/aromatic N) is 2. The summed E-state index contributed by atoms with van der Waals surface area (Å²) in [6.45, 7) is 4.04. The van der Waals surface area contributed by atoms with Gasteiger partial charge in [-0.2, -0.15) is 5.26 Å². The Morgan fingerprint density at radius 2 is 2.19 bits per heavy atom. The second-order valence-electron chi connectivity index (χ2n) is 3.27. The number of aryl methyl sites for hydroxylation is 2. The minimum Gasteiger partial charge on any atom is -0.271 e. The maximum atomic E-state index is 8.56. The summed E-state index contributed by atoms with van der Waals surface area (Å²) in [4.78, 5) is 4.41. The predicted octanol–water partition coefficient (Wildman–Crippen LogP) is 3.49. The molecule has 0 aromatic heterocycles. The van der Waals surface area contributed by atoms with E-state index in [9.17, 15) is 0 Å². The summed E-state index contributed by atoms with van der Waals surface area (Å²) in [7, 11) is 0. The van der Waals surface area contributed by atoms with Crippen molar-refractivity contribution >= 4 is 38.5 Å². The molecule has 0 unspecified atom stereocenters. The second-order valence-corrected chi connectivity index (χ2v) is 4.92. The molecule has 1 N–H and O–H groups in total. The third kappa shape index (κ3) is 3.26. The monoisotopic (exact) mass is 297 g/mol. The van der Waals surface area contributed by atoms with Crippen LogP contribution in [0.3, 0.4) is 0 Å². The van der Waals surface area contributed by atoms with E-state index in [1.807, 2.05) is 32.4 Å². The Morgan fingerprint density at radius 1 is 1.50 bits per heavy atom. The number of nitrogens with one attached hydrogen (secondary N) is 1. The summed E-state index contributed by atoms with van der Waals surface area (Å²) in [5.74, 6) is 0. The van der Waals surface area contributed by atoms with Crippen molar-refractivity contribution in [3.63, 3.8) is 0 Å². The summed E-state index contributed by atoms with van der Waals surface area (Å²) >= 11 is 4.89. The zero-order valence-electron chi connectivity index (χ0n) is 9.34. The molecule has 0 saturated carbocycles. The van der Waals surface area contributed by atoms with Gasteiger partial charge in [0.1, 0.15) is 0 Å². The maximum absolute atomic E-state index is 8.56. The van der Waals surface area contributed by atoms with Gasteiger partial charge >= 0.3 is 0 Å². The lowest BCUT2D eigenvalue weighted by atomic mass is 10.1. The number of hydrogen-bond donors (Lipinski definition) is 1. The lowest BCUT2D eigenvalue weighted by Gasteiger charge is -2.07. The number of benzene rings is 1. The van der Waals surface area contributed by atoms with E-state index < -0.39 is 0 Å². The van der Waals surface area contributed by atoms with E-state index in [4.69, 9.17) is 5.26 Å². The number of thioether (sulfide) groups is 1. The zero-order chi connectivity index (χ0) is 12.1. The topological polar surface area (TPSA) is 48.2 Å². The molecule has 5 heteroatoms. The van der Waals surface area contributed by atoms with Crippen LogP contribution in [0.15, 0.2) is 21.6 Å². The zero-order valence-corrected chi connectivity index (χ0v) is 11.7. The highest BCUT2D eigenvalue weighted by molar-refractivity contribution is 9.10. The van der Waals surface area contributed by atoms with Gasteiger partial charge < -0.3 is 0 Å². The number of amidine groups is 1. The molecule has 0 atom stereocenters. The Morgan fingerprint density at radius 3 is 2.69 bits per heavy atom. The molecule has 0 radical (unpaired) electrons. The van der Waals surface area contributed by atoms with Gasteiger partial charge in [0.25, 0.3) is 0 Å². The highest BCUT2D eigenvalue weighted by Gasteiger charge is 2.05. The van der Waals surface area contributed by atoms with Gasteiger partial charge in [-0.05, 0) is 53.2 Å². The maximum Gasteiger partial charge on any atom is 0.183 e. The van der Waals surface area contributed by atoms with Crippen molar-refractivity contribution in [1.29, 1.82) is 5.26 Å². The molecule has 0 fully saturated rings. The van der Waals surface area contributed by atoms with Gasteiger partial charge in [0.15, 0.2) is 11.4 Å². The van der Waals surface area contributed by atoms with E-state index in [0.29, 0.717) is 5.17 Å². The van der Waals surface area contributed by atoms with E-state index in [-0.39, 0.29) is 0 Å². The third-order valence-electron chi connectivity index (χ3n) is 1.97. The molecule has 1 rings (SSSR count). The number of aliphatic imine (C=N–C) groups is 1. The van der Waals surface area contributed by atoms with Gasteiger partial charge in [-0.15, -0.1) is 0 Å².